The van der Waals surface area contributed by atoms with Gasteiger partial charge >= 0.3 is 5.69 Å². The molecule has 0 bridgehead atoms. The summed E-state index contributed by atoms with van der Waals surface area (Å²) >= 11 is 0. The molecule has 0 aromatic carbocycles. The van der Waals surface area contributed by atoms with E-state index in [0.717, 1.165) is 57.4 Å². The second-order valence-electron chi connectivity index (χ2n) is 8.53. The fourth-order valence-corrected chi connectivity index (χ4v) is 3.67. The van der Waals surface area contributed by atoms with E-state index in [2.05, 4.69) is 32.9 Å². The van der Waals surface area contributed by atoms with Crippen molar-refractivity contribution < 1.29 is 14.2 Å². The van der Waals surface area contributed by atoms with Crippen LogP contribution in [0.5, 0.6) is 0 Å². The van der Waals surface area contributed by atoms with Crippen molar-refractivity contribution in [1.29, 1.82) is 0 Å². The molecule has 3 N–H and O–H groups in total. The van der Waals surface area contributed by atoms with Gasteiger partial charge in [0.15, 0.2) is 11.5 Å². The molecule has 0 spiro atoms. The van der Waals surface area contributed by atoms with Crippen LogP contribution in [0.3, 0.4) is 0 Å². The van der Waals surface area contributed by atoms with E-state index in [1.54, 1.807) is 6.92 Å². The third-order valence-corrected chi connectivity index (χ3v) is 5.61. The Morgan fingerprint density at radius 1 is 0.943 bits per heavy atom. The highest BCUT2D eigenvalue weighted by atomic mass is 16.5. The third kappa shape index (κ3) is 8.72. The molecule has 0 radical (unpaired) electrons. The summed E-state index contributed by atoms with van der Waals surface area (Å²) in [4.78, 5) is 28.1. The van der Waals surface area contributed by atoms with Crippen LogP contribution in [0.15, 0.2) is 23.1 Å². The van der Waals surface area contributed by atoms with Crippen LogP contribution in [0, 0.1) is 6.92 Å². The number of unbranched alkanes of at least 4 members (excludes halogenated alkanes) is 3. The zero-order valence-corrected chi connectivity index (χ0v) is 20.9. The summed E-state index contributed by atoms with van der Waals surface area (Å²) in [7, 11) is 0. The highest BCUT2D eigenvalue weighted by molar-refractivity contribution is 5.81. The lowest BCUT2D eigenvalue weighted by Crippen LogP contribution is -2.18. The number of nitrogens with zero attached hydrogens (tertiary/aromatic N) is 4. The first-order chi connectivity index (χ1) is 17.1. The van der Waals surface area contributed by atoms with E-state index in [-0.39, 0.29) is 11.5 Å². The second kappa shape index (κ2) is 14.6. The average Bonchev–Trinajstić information content (AvgIpc) is 3.15. The fourth-order valence-electron chi connectivity index (χ4n) is 3.67. The van der Waals surface area contributed by atoms with Crippen molar-refractivity contribution in [3.05, 3.63) is 45.9 Å². The van der Waals surface area contributed by atoms with Crippen LogP contribution in [0.25, 0.3) is 11.2 Å². The molecule has 192 valence electrons. The van der Waals surface area contributed by atoms with Gasteiger partial charge in [-0.2, -0.15) is 0 Å². The molecular weight excluding hydrogens is 448 g/mol. The number of hydrogen-bond acceptors (Lipinski definition) is 8. The van der Waals surface area contributed by atoms with Crippen molar-refractivity contribution in [1.82, 2.24) is 24.5 Å². The van der Waals surface area contributed by atoms with Gasteiger partial charge in [0.25, 0.3) is 0 Å². The summed E-state index contributed by atoms with van der Waals surface area (Å²) in [6.07, 6.45) is 8.30. The Morgan fingerprint density at radius 2 is 1.66 bits per heavy atom. The van der Waals surface area contributed by atoms with Crippen LogP contribution in [-0.4, -0.2) is 64.1 Å². The van der Waals surface area contributed by atoms with E-state index in [0.29, 0.717) is 50.0 Å². The average molecular weight is 487 g/mol. The van der Waals surface area contributed by atoms with Gasteiger partial charge < -0.3 is 24.9 Å². The van der Waals surface area contributed by atoms with Gasteiger partial charge in [0, 0.05) is 19.4 Å². The molecular formula is C25H38N6O4. The summed E-state index contributed by atoms with van der Waals surface area (Å²) in [5.41, 5.74) is 8.56. The maximum absolute atomic E-state index is 12.4. The van der Waals surface area contributed by atoms with Crippen LogP contribution >= 0.6 is 0 Å². The minimum atomic E-state index is -0.275. The first kappa shape index (κ1) is 26.8. The number of nitrogens with one attached hydrogen (secondary N) is 1. The minimum Gasteiger partial charge on any atom is -0.382 e. The van der Waals surface area contributed by atoms with E-state index in [1.807, 2.05) is 12.3 Å². The lowest BCUT2D eigenvalue weighted by Gasteiger charge is -2.07. The first-order valence-corrected chi connectivity index (χ1v) is 12.5. The monoisotopic (exact) mass is 486 g/mol. The highest BCUT2D eigenvalue weighted by Crippen LogP contribution is 2.15. The highest BCUT2D eigenvalue weighted by Gasteiger charge is 2.13. The lowest BCUT2D eigenvalue weighted by molar-refractivity contribution is 0.0134. The number of imidazole rings is 1. The third-order valence-electron chi connectivity index (χ3n) is 5.61. The summed E-state index contributed by atoms with van der Waals surface area (Å²) in [5.74, 6) is 0.793. The molecule has 0 aliphatic carbocycles. The number of H-pyrrole nitrogens is 1. The van der Waals surface area contributed by atoms with Crippen molar-refractivity contribution in [2.45, 2.75) is 58.9 Å². The van der Waals surface area contributed by atoms with Gasteiger partial charge in [-0.3, -0.25) is 9.55 Å². The van der Waals surface area contributed by atoms with Gasteiger partial charge in [-0.1, -0.05) is 25.8 Å². The van der Waals surface area contributed by atoms with Gasteiger partial charge in [0.2, 0.25) is 0 Å². The molecule has 10 nitrogen and oxygen atoms in total. The second-order valence-corrected chi connectivity index (χ2v) is 8.53. The number of ether oxygens (including phenoxy) is 3. The van der Waals surface area contributed by atoms with Crippen LogP contribution < -0.4 is 11.4 Å². The number of rotatable bonds is 17. The topological polar surface area (TPSA) is 130 Å². The number of nitrogens with two attached hydrogens (primary N) is 1. The van der Waals surface area contributed by atoms with Crippen LogP contribution in [-0.2, 0) is 27.2 Å². The number of pyridine rings is 1. The van der Waals surface area contributed by atoms with Crippen molar-refractivity contribution in [3.8, 4) is 0 Å². The predicted molar refractivity (Wildman–Crippen MR) is 136 cm³/mol. The van der Waals surface area contributed by atoms with Gasteiger partial charge in [-0.25, -0.2) is 14.8 Å². The van der Waals surface area contributed by atoms with E-state index in [9.17, 15) is 4.79 Å². The van der Waals surface area contributed by atoms with Gasteiger partial charge in [0.05, 0.1) is 38.7 Å². The Hall–Kier alpha value is -2.82. The molecule has 3 aromatic rings. The molecule has 0 unspecified atom stereocenters. The molecule has 0 aliphatic heterocycles. The summed E-state index contributed by atoms with van der Waals surface area (Å²) < 4.78 is 18.1. The smallest absolute Gasteiger partial charge is 0.328 e. The van der Waals surface area contributed by atoms with Crippen LogP contribution in [0.2, 0.25) is 0 Å². The number of aromatic nitrogens is 5. The molecule has 0 saturated heterocycles. The van der Waals surface area contributed by atoms with Crippen LogP contribution in [0.4, 0.5) is 5.82 Å². The number of aromatic amines is 1. The minimum absolute atomic E-state index is 0.272. The zero-order chi connectivity index (χ0) is 24.9. The van der Waals surface area contributed by atoms with E-state index in [1.165, 1.54) is 10.1 Å². The van der Waals surface area contributed by atoms with Crippen molar-refractivity contribution in [2.24, 2.45) is 0 Å². The molecule has 0 amide bonds. The molecule has 3 aromatic heterocycles. The molecule has 10 heteroatoms. The van der Waals surface area contributed by atoms with E-state index in [4.69, 9.17) is 19.9 Å². The first-order valence-electron chi connectivity index (χ1n) is 12.5. The van der Waals surface area contributed by atoms with Gasteiger partial charge in [-0.15, -0.1) is 0 Å². The number of hydrogen-bond donors (Lipinski definition) is 2. The van der Waals surface area contributed by atoms with E-state index >= 15 is 0 Å². The molecule has 35 heavy (non-hydrogen) atoms. The standard InChI is InChI=1S/C25H38N6O4/c1-3-4-11-33-13-15-35-16-14-34-12-7-5-6-8-20-9-10-21(27-17-20)18-31-24-22(30-25(31)32)23(26)28-19(2)29-24/h9-10,17H,3-8,11-16,18H2,1-2H3,(H,30,32)(H2,26,28,29). The SMILES string of the molecule is CCCCOCCOCCOCCCCCc1ccc(Cn2c(=O)[nH]c3c(N)nc(C)nc32)nc1. The predicted octanol–water partition coefficient (Wildman–Crippen LogP) is 3.02. The largest absolute Gasteiger partial charge is 0.382 e. The lowest BCUT2D eigenvalue weighted by atomic mass is 10.1. The maximum atomic E-state index is 12.4. The molecule has 0 saturated carbocycles. The van der Waals surface area contributed by atoms with Crippen molar-refractivity contribution in [3.63, 3.8) is 0 Å². The number of nitrogen functional groups attached to an aromatic ring is 1. The summed E-state index contributed by atoms with van der Waals surface area (Å²) in [6.45, 7) is 8.30. The summed E-state index contributed by atoms with van der Waals surface area (Å²) in [6, 6.07) is 4.02. The Kier molecular flexibility index (Phi) is 11.1. The van der Waals surface area contributed by atoms with Crippen molar-refractivity contribution in [2.75, 3.05) is 45.4 Å². The van der Waals surface area contributed by atoms with Crippen LogP contribution in [0.1, 0.15) is 56.1 Å². The molecule has 3 rings (SSSR count). The Balaban J connectivity index is 1.29. The van der Waals surface area contributed by atoms with Crippen molar-refractivity contribution >= 4 is 17.0 Å². The molecule has 0 atom stereocenters. The fraction of sp³-hybridized carbons (Fsp3) is 0.600. The Labute approximate surface area is 206 Å². The maximum Gasteiger partial charge on any atom is 0.328 e. The van der Waals surface area contributed by atoms with Gasteiger partial charge in [-0.05, 0) is 44.2 Å². The Bertz CT molecular complexity index is 1080. The molecule has 0 fully saturated rings. The Morgan fingerprint density at radius 3 is 2.34 bits per heavy atom. The molecule has 3 heterocycles. The molecule has 0 aliphatic rings. The number of aryl methyl sites for hydroxylation is 2. The normalized spacial score (nSPS) is 11.5. The quantitative estimate of drug-likeness (QED) is 0.279. The van der Waals surface area contributed by atoms with Gasteiger partial charge in [0.1, 0.15) is 11.3 Å². The number of fused-ring (bicyclic) bond motifs is 1. The van der Waals surface area contributed by atoms with E-state index < -0.39 is 0 Å². The summed E-state index contributed by atoms with van der Waals surface area (Å²) in [5, 5.41) is 0. The number of anilines is 1. The zero-order valence-electron chi connectivity index (χ0n) is 20.9.